The molecular formula is C67H75F5N6O16SSi2. The number of fused-ring (bicyclic) bond motifs is 6. The number of anilines is 2. The summed E-state index contributed by atoms with van der Waals surface area (Å²) in [7, 11) is 0.0601. The number of methoxy groups -OCH3 is 6. The van der Waals surface area contributed by atoms with Crippen LogP contribution in [-0.2, 0) is 33.4 Å². The quantitative estimate of drug-likeness (QED) is 0.0232. The van der Waals surface area contributed by atoms with Crippen molar-refractivity contribution in [1.82, 2.24) is 14.7 Å². The number of nitrogens with zero attached hydrogens (tertiary/aromatic N) is 6. The van der Waals surface area contributed by atoms with Crippen LogP contribution in [0.1, 0.15) is 61.5 Å². The van der Waals surface area contributed by atoms with Crippen molar-refractivity contribution in [1.29, 1.82) is 0 Å². The molecule has 0 radical (unpaired) electrons. The summed E-state index contributed by atoms with van der Waals surface area (Å²) in [5, 5.41) is 0. The van der Waals surface area contributed by atoms with Crippen molar-refractivity contribution in [2.24, 2.45) is 4.99 Å². The molecule has 22 nitrogen and oxygen atoms in total. The Balaban J connectivity index is 0.000000173. The van der Waals surface area contributed by atoms with Gasteiger partial charge in [-0.25, -0.2) is 8.78 Å². The zero-order valence-corrected chi connectivity index (χ0v) is 58.3. The highest BCUT2D eigenvalue weighted by Crippen LogP contribution is 2.45. The summed E-state index contributed by atoms with van der Waals surface area (Å²) in [5.74, 6) is -1.25. The summed E-state index contributed by atoms with van der Waals surface area (Å²) in [6, 6.07) is 21.2. The number of halogens is 5. The van der Waals surface area contributed by atoms with Gasteiger partial charge in [-0.15, -0.1) is 0 Å². The SMILES string of the molecule is COc1cc2c(cc1OC)C(=O)N1C=C(c3ccc(F)cc3)C[C@H]1C=N2.COc1cc2c(cc1OC)N(COCC[Si](C)(C)C)C(=O)[C@@H]1CC(OS(=O)(=O)C(F)(F)F)=CN1C2=O.COc1cc2c(cc1OC)N(COCC[Si](C)(C)C)C(=O)[C@@H]1CC(c3ccc(F)cc3)=CN1C2=O. The molecule has 0 saturated heterocycles. The molecule has 30 heteroatoms. The van der Waals surface area contributed by atoms with Crippen LogP contribution in [0.25, 0.3) is 11.1 Å². The third kappa shape index (κ3) is 16.0. The molecule has 0 fully saturated rings. The fourth-order valence-electron chi connectivity index (χ4n) is 11.1. The van der Waals surface area contributed by atoms with Crippen molar-refractivity contribution < 1.29 is 96.4 Å². The Bertz CT molecular complexity index is 4100. The molecule has 6 aliphatic heterocycles. The maximum Gasteiger partial charge on any atom is 0.534 e. The van der Waals surface area contributed by atoms with Gasteiger partial charge >= 0.3 is 15.6 Å². The Morgan fingerprint density at radius 2 is 0.887 bits per heavy atom. The van der Waals surface area contributed by atoms with E-state index in [0.717, 1.165) is 45.5 Å². The van der Waals surface area contributed by atoms with E-state index < -0.39 is 67.9 Å². The highest BCUT2D eigenvalue weighted by molar-refractivity contribution is 7.87. The lowest BCUT2D eigenvalue weighted by atomic mass is 10.0. The number of ether oxygens (including phenoxy) is 8. The minimum Gasteiger partial charge on any atom is -0.493 e. The van der Waals surface area contributed by atoms with E-state index in [-0.39, 0.29) is 71.6 Å². The first-order valence-corrected chi connectivity index (χ1v) is 39.4. The summed E-state index contributed by atoms with van der Waals surface area (Å²) < 4.78 is 136. The number of amides is 5. The minimum absolute atomic E-state index is 0.0199. The zero-order chi connectivity index (χ0) is 70.6. The van der Waals surface area contributed by atoms with Gasteiger partial charge in [-0.3, -0.25) is 43.7 Å². The first-order valence-electron chi connectivity index (χ1n) is 30.6. The normalized spacial score (nSPS) is 18.1. The van der Waals surface area contributed by atoms with Crippen LogP contribution < -0.4 is 38.2 Å². The van der Waals surface area contributed by atoms with Crippen molar-refractivity contribution >= 4 is 90.2 Å². The molecule has 5 amide bonds. The Morgan fingerprint density at radius 3 is 1.32 bits per heavy atom. The second-order valence-electron chi connectivity index (χ2n) is 25.4. The lowest BCUT2D eigenvalue weighted by molar-refractivity contribution is -0.123. The number of hydrogen-bond donors (Lipinski definition) is 0. The number of rotatable bonds is 20. The van der Waals surface area contributed by atoms with Crippen LogP contribution >= 0.6 is 0 Å². The van der Waals surface area contributed by atoms with Crippen molar-refractivity contribution in [3.63, 3.8) is 0 Å². The van der Waals surface area contributed by atoms with E-state index in [1.165, 1.54) is 86.6 Å². The van der Waals surface area contributed by atoms with Crippen LogP contribution in [0, 0.1) is 11.6 Å². The van der Waals surface area contributed by atoms with Crippen molar-refractivity contribution in [2.75, 3.05) is 79.1 Å². The molecule has 6 heterocycles. The molecular weight excluding hydrogens is 1330 g/mol. The van der Waals surface area contributed by atoms with Crippen LogP contribution in [0.2, 0.25) is 51.4 Å². The molecule has 0 N–H and O–H groups in total. The molecule has 6 aliphatic rings. The van der Waals surface area contributed by atoms with Gasteiger partial charge in [0.05, 0.1) is 82.5 Å². The molecule has 0 spiro atoms. The summed E-state index contributed by atoms with van der Waals surface area (Å²) in [5.41, 5.74) is -0.346. The number of hydrogen-bond acceptors (Lipinski definition) is 17. The van der Waals surface area contributed by atoms with Crippen molar-refractivity contribution in [2.45, 2.75) is 94.3 Å². The number of benzene rings is 5. The lowest BCUT2D eigenvalue weighted by Gasteiger charge is -2.26. The Kier molecular flexibility index (Phi) is 21.8. The van der Waals surface area contributed by atoms with Crippen LogP contribution in [0.4, 0.5) is 39.0 Å². The summed E-state index contributed by atoms with van der Waals surface area (Å²) >= 11 is 0. The lowest BCUT2D eigenvalue weighted by Crippen LogP contribution is -2.45. The van der Waals surface area contributed by atoms with Gasteiger partial charge in [0, 0.05) is 91.6 Å². The molecule has 0 unspecified atom stereocenters. The fourth-order valence-corrected chi connectivity index (χ4v) is 13.1. The van der Waals surface area contributed by atoms with Gasteiger partial charge in [0.2, 0.25) is 0 Å². The molecule has 3 atom stereocenters. The molecule has 0 bridgehead atoms. The van der Waals surface area contributed by atoms with Gasteiger partial charge in [0.15, 0.2) is 34.5 Å². The average molecular weight is 1400 g/mol. The van der Waals surface area contributed by atoms with E-state index in [0.29, 0.717) is 71.6 Å². The van der Waals surface area contributed by atoms with E-state index in [4.69, 9.17) is 37.9 Å². The van der Waals surface area contributed by atoms with Crippen LogP contribution in [0.3, 0.4) is 0 Å². The standard InChI is InChI=1S/C26H31FN2O5Si.C21H27F3N2O8SSi.C20H17FN2O3/c1-32-23-13-20-21(14-24(23)33-2)29(16-34-10-11-35(3,4)5)26(31)22-12-18(15-28(22)25(20)30)17-6-8-19(27)9-7-17;1-31-17-9-14-15(10-18(17)32-2)26(12-33-6-7-36(3,4)5)20(28)16-8-13(11-25(16)19(14)27)34-35(29,30)21(22,23)24;1-25-18-8-16-17(9-19(18)26-2)22-10-15-7-13(11-23(15)20(16)24)12-3-5-14(21)6-4-12/h6-9,13-15,22H,10-12,16H2,1-5H3;9-11,16H,6-8,12H2,1-5H3;3-6,8-11,15H,7H2,1-2H3/t22-;16-;15-/m000/s1. The summed E-state index contributed by atoms with van der Waals surface area (Å²) in [6.45, 7) is 13.9. The molecule has 5 aromatic carbocycles. The molecule has 0 aromatic heterocycles. The largest absolute Gasteiger partial charge is 0.534 e. The number of aliphatic imine (C=N–C) groups is 1. The molecule has 5 aromatic rings. The zero-order valence-electron chi connectivity index (χ0n) is 55.5. The molecule has 518 valence electrons. The minimum atomic E-state index is -5.98. The van der Waals surface area contributed by atoms with Crippen LogP contribution in [-0.4, -0.2) is 168 Å². The summed E-state index contributed by atoms with van der Waals surface area (Å²) in [6.07, 6.45) is 6.44. The second-order valence-corrected chi connectivity index (χ2v) is 38.2. The van der Waals surface area contributed by atoms with E-state index in [1.54, 1.807) is 73.0 Å². The maximum absolute atomic E-state index is 13.8. The molecule has 0 aliphatic carbocycles. The smallest absolute Gasteiger partial charge is 0.493 e. The average Bonchev–Trinajstić information content (AvgIpc) is 1.63. The monoisotopic (exact) mass is 1400 g/mol. The van der Waals surface area contributed by atoms with E-state index in [9.17, 15) is 54.3 Å². The van der Waals surface area contributed by atoms with Crippen molar-refractivity contribution in [3.8, 4) is 34.5 Å². The Morgan fingerprint density at radius 1 is 0.505 bits per heavy atom. The predicted molar refractivity (Wildman–Crippen MR) is 356 cm³/mol. The van der Waals surface area contributed by atoms with Crippen LogP contribution in [0.15, 0.2) is 114 Å². The molecule has 0 saturated carbocycles. The van der Waals surface area contributed by atoms with Gasteiger partial charge in [-0.1, -0.05) is 63.5 Å². The fraction of sp³-hybridized carbons (Fsp3) is 0.373. The van der Waals surface area contributed by atoms with E-state index in [1.807, 2.05) is 6.20 Å². The second kappa shape index (κ2) is 29.3. The number of carbonyl (C=O) groups excluding carboxylic acids is 5. The van der Waals surface area contributed by atoms with Crippen molar-refractivity contribution in [3.05, 3.63) is 149 Å². The maximum atomic E-state index is 13.8. The highest BCUT2D eigenvalue weighted by Gasteiger charge is 2.52. The van der Waals surface area contributed by atoms with Gasteiger partial charge in [-0.05, 0) is 76.8 Å². The first-order chi connectivity index (χ1) is 45.8. The Labute approximate surface area is 560 Å². The first kappa shape index (κ1) is 72.2. The predicted octanol–water partition coefficient (Wildman–Crippen LogP) is 11.9. The van der Waals surface area contributed by atoms with E-state index in [2.05, 4.69) is 48.5 Å². The molecule has 97 heavy (non-hydrogen) atoms. The summed E-state index contributed by atoms with van der Waals surface area (Å²) in [4.78, 5) is 78.6. The van der Waals surface area contributed by atoms with Crippen LogP contribution in [0.5, 0.6) is 34.5 Å². The molecule has 11 rings (SSSR count). The van der Waals surface area contributed by atoms with Gasteiger partial charge < -0.3 is 51.9 Å². The third-order valence-corrected chi connectivity index (χ3v) is 20.9. The van der Waals surface area contributed by atoms with Gasteiger partial charge in [-0.2, -0.15) is 21.6 Å². The van der Waals surface area contributed by atoms with E-state index >= 15 is 0 Å². The van der Waals surface area contributed by atoms with Gasteiger partial charge in [0.1, 0.15) is 42.9 Å². The topological polar surface area (TPSA) is 231 Å². The van der Waals surface area contributed by atoms with Gasteiger partial charge in [0.25, 0.3) is 29.5 Å². The Hall–Kier alpha value is -9.11. The number of carbonyl (C=O) groups is 5. The highest BCUT2D eigenvalue weighted by atomic mass is 32.2. The third-order valence-electron chi connectivity index (χ3n) is 16.5. The number of alkyl halides is 3.